The van der Waals surface area contributed by atoms with E-state index in [1.165, 1.54) is 0 Å². The molecule has 0 aliphatic heterocycles. The topological polar surface area (TPSA) is 67.4 Å². The molecule has 0 aliphatic rings. The summed E-state index contributed by atoms with van der Waals surface area (Å²) in [6.45, 7) is 3.55. The van der Waals surface area contributed by atoms with Gasteiger partial charge in [0.2, 0.25) is 5.91 Å². The zero-order chi connectivity index (χ0) is 17.3. The molecule has 0 saturated heterocycles. The number of nitrogens with zero attached hydrogens (tertiary/aromatic N) is 1. The molecule has 1 amide bonds. The van der Waals surface area contributed by atoms with Crippen LogP contribution in [0.5, 0.6) is 0 Å². The SMILES string of the molecule is Cc1ccc(C(C)(O)CNC(=O)Cc2cn(C)c3ccccc23)o1. The number of fused-ring (bicyclic) bond motifs is 1. The van der Waals surface area contributed by atoms with Gasteiger partial charge in [0.05, 0.1) is 13.0 Å². The zero-order valence-corrected chi connectivity index (χ0v) is 14.2. The molecule has 24 heavy (non-hydrogen) atoms. The fraction of sp³-hybridized carbons (Fsp3) is 0.316. The number of carbonyl (C=O) groups is 1. The van der Waals surface area contributed by atoms with Gasteiger partial charge in [0, 0.05) is 24.1 Å². The number of hydrogen-bond acceptors (Lipinski definition) is 3. The molecule has 2 aromatic heterocycles. The van der Waals surface area contributed by atoms with Gasteiger partial charge in [-0.25, -0.2) is 0 Å². The van der Waals surface area contributed by atoms with Crippen molar-refractivity contribution in [2.24, 2.45) is 7.05 Å². The third-order valence-corrected chi connectivity index (χ3v) is 4.23. The number of benzene rings is 1. The molecule has 0 aliphatic carbocycles. The van der Waals surface area contributed by atoms with Crippen LogP contribution >= 0.6 is 0 Å². The molecule has 2 N–H and O–H groups in total. The van der Waals surface area contributed by atoms with Gasteiger partial charge >= 0.3 is 0 Å². The van der Waals surface area contributed by atoms with Gasteiger partial charge in [-0.15, -0.1) is 0 Å². The van der Waals surface area contributed by atoms with Gasteiger partial charge in [0.25, 0.3) is 0 Å². The number of nitrogens with one attached hydrogen (secondary N) is 1. The normalized spacial score (nSPS) is 13.8. The highest BCUT2D eigenvalue weighted by atomic mass is 16.4. The Hall–Kier alpha value is -2.53. The molecule has 126 valence electrons. The summed E-state index contributed by atoms with van der Waals surface area (Å²) in [4.78, 5) is 12.3. The van der Waals surface area contributed by atoms with Gasteiger partial charge in [0.15, 0.2) is 0 Å². The van der Waals surface area contributed by atoms with Gasteiger partial charge in [0.1, 0.15) is 17.1 Å². The van der Waals surface area contributed by atoms with Crippen LogP contribution in [0.25, 0.3) is 10.9 Å². The van der Waals surface area contributed by atoms with Crippen LogP contribution in [0.3, 0.4) is 0 Å². The summed E-state index contributed by atoms with van der Waals surface area (Å²) in [6, 6.07) is 11.5. The molecule has 1 aromatic carbocycles. The minimum absolute atomic E-state index is 0.101. The zero-order valence-electron chi connectivity index (χ0n) is 14.2. The second-order valence-electron chi connectivity index (χ2n) is 6.42. The average molecular weight is 326 g/mol. The molecule has 3 rings (SSSR count). The van der Waals surface area contributed by atoms with E-state index in [0.717, 1.165) is 22.2 Å². The summed E-state index contributed by atoms with van der Waals surface area (Å²) >= 11 is 0. The molecule has 0 spiro atoms. The third-order valence-electron chi connectivity index (χ3n) is 4.23. The first-order chi connectivity index (χ1) is 11.4. The van der Waals surface area contributed by atoms with E-state index in [9.17, 15) is 9.90 Å². The molecular formula is C19H22N2O3. The van der Waals surface area contributed by atoms with Crippen molar-refractivity contribution in [3.05, 3.63) is 59.7 Å². The highest BCUT2D eigenvalue weighted by Gasteiger charge is 2.27. The van der Waals surface area contributed by atoms with Crippen LogP contribution in [-0.2, 0) is 23.9 Å². The first kappa shape index (κ1) is 16.3. The second-order valence-corrected chi connectivity index (χ2v) is 6.42. The number of aromatic nitrogens is 1. The molecule has 1 atom stereocenters. The lowest BCUT2D eigenvalue weighted by molar-refractivity contribution is -0.121. The quantitative estimate of drug-likeness (QED) is 0.757. The summed E-state index contributed by atoms with van der Waals surface area (Å²) in [5.41, 5.74) is 0.834. The Bertz CT molecular complexity index is 874. The van der Waals surface area contributed by atoms with Crippen molar-refractivity contribution in [3.63, 3.8) is 0 Å². The summed E-state index contributed by atoms with van der Waals surface area (Å²) in [7, 11) is 1.97. The van der Waals surface area contributed by atoms with Gasteiger partial charge in [-0.2, -0.15) is 0 Å². The highest BCUT2D eigenvalue weighted by molar-refractivity contribution is 5.89. The number of furan rings is 1. The van der Waals surface area contributed by atoms with Crippen molar-refractivity contribution in [2.45, 2.75) is 25.9 Å². The minimum atomic E-state index is -1.23. The lowest BCUT2D eigenvalue weighted by atomic mass is 10.0. The Labute approximate surface area is 140 Å². The maximum atomic E-state index is 12.3. The number of carbonyl (C=O) groups excluding carboxylic acids is 1. The Morgan fingerprint density at radius 3 is 2.75 bits per heavy atom. The number of para-hydroxylation sites is 1. The molecule has 0 radical (unpaired) electrons. The average Bonchev–Trinajstić information content (AvgIpc) is 3.11. The van der Waals surface area contributed by atoms with Crippen LogP contribution in [0.4, 0.5) is 0 Å². The lowest BCUT2D eigenvalue weighted by Crippen LogP contribution is -2.39. The molecule has 5 nitrogen and oxygen atoms in total. The molecule has 2 heterocycles. The van der Waals surface area contributed by atoms with Gasteiger partial charge in [-0.3, -0.25) is 4.79 Å². The van der Waals surface area contributed by atoms with Crippen molar-refractivity contribution in [3.8, 4) is 0 Å². The fourth-order valence-electron chi connectivity index (χ4n) is 2.88. The van der Waals surface area contributed by atoms with E-state index < -0.39 is 5.60 Å². The molecular weight excluding hydrogens is 304 g/mol. The maximum absolute atomic E-state index is 12.3. The second kappa shape index (κ2) is 6.17. The molecule has 1 unspecified atom stereocenters. The van der Waals surface area contributed by atoms with E-state index in [-0.39, 0.29) is 18.9 Å². The van der Waals surface area contributed by atoms with Crippen molar-refractivity contribution in [1.82, 2.24) is 9.88 Å². The van der Waals surface area contributed by atoms with E-state index in [1.807, 2.05) is 49.0 Å². The lowest BCUT2D eigenvalue weighted by Gasteiger charge is -2.21. The molecule has 0 fully saturated rings. The Morgan fingerprint density at radius 2 is 2.04 bits per heavy atom. The Balaban J connectivity index is 1.67. The first-order valence-corrected chi connectivity index (χ1v) is 7.96. The Kier molecular flexibility index (Phi) is 4.20. The van der Waals surface area contributed by atoms with E-state index in [1.54, 1.807) is 19.1 Å². The van der Waals surface area contributed by atoms with Gasteiger partial charge < -0.3 is 19.4 Å². The third kappa shape index (κ3) is 3.21. The van der Waals surface area contributed by atoms with Gasteiger partial charge in [-0.1, -0.05) is 18.2 Å². The first-order valence-electron chi connectivity index (χ1n) is 7.96. The maximum Gasteiger partial charge on any atom is 0.224 e. The fourth-order valence-corrected chi connectivity index (χ4v) is 2.88. The summed E-state index contributed by atoms with van der Waals surface area (Å²) in [5, 5.41) is 14.3. The highest BCUT2D eigenvalue weighted by Crippen LogP contribution is 2.23. The van der Waals surface area contributed by atoms with Crippen LogP contribution in [-0.4, -0.2) is 22.1 Å². The van der Waals surface area contributed by atoms with Crippen molar-refractivity contribution in [2.75, 3.05) is 6.54 Å². The minimum Gasteiger partial charge on any atom is -0.463 e. The Morgan fingerprint density at radius 1 is 1.29 bits per heavy atom. The van der Waals surface area contributed by atoms with Crippen LogP contribution in [0.2, 0.25) is 0 Å². The number of rotatable bonds is 5. The van der Waals surface area contributed by atoms with E-state index >= 15 is 0 Å². The predicted molar refractivity (Wildman–Crippen MR) is 92.6 cm³/mol. The van der Waals surface area contributed by atoms with Crippen LogP contribution in [0, 0.1) is 6.92 Å². The van der Waals surface area contributed by atoms with Crippen molar-refractivity contribution < 1.29 is 14.3 Å². The summed E-state index contributed by atoms with van der Waals surface area (Å²) < 4.78 is 7.47. The van der Waals surface area contributed by atoms with Crippen LogP contribution in [0.15, 0.2) is 47.0 Å². The standard InChI is InChI=1S/C19H22N2O3/c1-13-8-9-17(24-13)19(2,23)12-20-18(22)10-14-11-21(3)16-7-5-4-6-15(14)16/h4-9,11,23H,10,12H2,1-3H3,(H,20,22). The van der Waals surface area contributed by atoms with E-state index in [0.29, 0.717) is 5.76 Å². The molecule has 3 aromatic rings. The largest absolute Gasteiger partial charge is 0.463 e. The van der Waals surface area contributed by atoms with Crippen molar-refractivity contribution >= 4 is 16.8 Å². The molecule has 0 bridgehead atoms. The number of aliphatic hydroxyl groups is 1. The van der Waals surface area contributed by atoms with Crippen LogP contribution in [0.1, 0.15) is 24.0 Å². The van der Waals surface area contributed by atoms with E-state index in [2.05, 4.69) is 5.32 Å². The van der Waals surface area contributed by atoms with Crippen molar-refractivity contribution in [1.29, 1.82) is 0 Å². The van der Waals surface area contributed by atoms with Gasteiger partial charge in [-0.05, 0) is 37.6 Å². The predicted octanol–water partition coefficient (Wildman–Crippen LogP) is 2.65. The number of hydrogen-bond donors (Lipinski definition) is 2. The number of aryl methyl sites for hydroxylation is 2. The number of amides is 1. The van der Waals surface area contributed by atoms with Crippen LogP contribution < -0.4 is 5.32 Å². The van der Waals surface area contributed by atoms with E-state index in [4.69, 9.17) is 4.42 Å². The monoisotopic (exact) mass is 326 g/mol. The molecule has 5 heteroatoms. The molecule has 0 saturated carbocycles. The summed E-state index contributed by atoms with van der Waals surface area (Å²) in [5.74, 6) is 1.05. The summed E-state index contributed by atoms with van der Waals surface area (Å²) in [6.07, 6.45) is 2.24. The smallest absolute Gasteiger partial charge is 0.224 e.